The van der Waals surface area contributed by atoms with Crippen molar-refractivity contribution in [3.05, 3.63) is 41.5 Å². The van der Waals surface area contributed by atoms with Crippen LogP contribution in [0, 0.1) is 18.2 Å². The molecule has 6 nitrogen and oxygen atoms in total. The molecule has 2 atom stereocenters. The van der Waals surface area contributed by atoms with Gasteiger partial charge in [0.1, 0.15) is 18.2 Å². The van der Waals surface area contributed by atoms with Crippen molar-refractivity contribution in [3.63, 3.8) is 0 Å². The molecule has 180 valence electrons. The van der Waals surface area contributed by atoms with E-state index in [1.54, 1.807) is 0 Å². The number of Topliss-reactive ketones (excluding diaryl/α,β-unsaturated/α-hetero) is 1. The molecular weight excluding hydrogens is 419 g/mol. The molecular formula is C26H37FN4O2. The van der Waals surface area contributed by atoms with E-state index in [4.69, 9.17) is 4.74 Å². The van der Waals surface area contributed by atoms with Crippen LogP contribution in [0.25, 0.3) is 0 Å². The number of halogens is 1. The second-order valence-corrected chi connectivity index (χ2v) is 10.6. The Kier molecular flexibility index (Phi) is 7.60. The average Bonchev–Trinajstić information content (AvgIpc) is 3.16. The Labute approximate surface area is 197 Å². The molecule has 0 saturated carbocycles. The van der Waals surface area contributed by atoms with Gasteiger partial charge in [-0.1, -0.05) is 46.8 Å². The lowest BCUT2D eigenvalue weighted by atomic mass is 9.87. The Hall–Kier alpha value is -2.70. The van der Waals surface area contributed by atoms with Gasteiger partial charge in [0.15, 0.2) is 17.4 Å². The SMILES string of the molecule is CC(=O)C(CC(C)(C)C)Nc1ncnc(N2CCC(Oc3cc(C)ccc3C(C)C)C2)c1F. The van der Waals surface area contributed by atoms with Crippen LogP contribution in [0.3, 0.4) is 0 Å². The summed E-state index contributed by atoms with van der Waals surface area (Å²) in [4.78, 5) is 22.3. The van der Waals surface area contributed by atoms with Crippen LogP contribution in [0.1, 0.15) is 71.4 Å². The van der Waals surface area contributed by atoms with Crippen molar-refractivity contribution < 1.29 is 13.9 Å². The molecule has 3 rings (SSSR count). The van der Waals surface area contributed by atoms with Crippen LogP contribution in [-0.2, 0) is 4.79 Å². The number of ether oxygens (including phenoxy) is 1. The molecule has 0 bridgehead atoms. The average molecular weight is 457 g/mol. The largest absolute Gasteiger partial charge is 0.488 e. The smallest absolute Gasteiger partial charge is 0.207 e. The van der Waals surface area contributed by atoms with Crippen molar-refractivity contribution in [1.29, 1.82) is 0 Å². The maximum atomic E-state index is 15.4. The summed E-state index contributed by atoms with van der Waals surface area (Å²) in [5.41, 5.74) is 2.24. The van der Waals surface area contributed by atoms with E-state index in [-0.39, 0.29) is 28.9 Å². The second kappa shape index (κ2) is 10.1. The second-order valence-electron chi connectivity index (χ2n) is 10.6. The number of benzene rings is 1. The topological polar surface area (TPSA) is 67.4 Å². The molecule has 0 aliphatic carbocycles. The maximum absolute atomic E-state index is 15.4. The highest BCUT2D eigenvalue weighted by atomic mass is 19.1. The summed E-state index contributed by atoms with van der Waals surface area (Å²) in [6.45, 7) is 15.2. The predicted molar refractivity (Wildman–Crippen MR) is 131 cm³/mol. The van der Waals surface area contributed by atoms with Gasteiger partial charge in [0.25, 0.3) is 0 Å². The van der Waals surface area contributed by atoms with E-state index in [1.807, 2.05) is 4.90 Å². The number of nitrogens with one attached hydrogen (secondary N) is 1. The van der Waals surface area contributed by atoms with E-state index in [0.29, 0.717) is 25.4 Å². The highest BCUT2D eigenvalue weighted by molar-refractivity contribution is 5.84. The highest BCUT2D eigenvalue weighted by Gasteiger charge is 2.30. The van der Waals surface area contributed by atoms with Gasteiger partial charge in [0.05, 0.1) is 12.6 Å². The molecule has 0 amide bonds. The Morgan fingerprint density at radius 1 is 1.30 bits per heavy atom. The van der Waals surface area contributed by atoms with Gasteiger partial charge in [-0.2, -0.15) is 4.39 Å². The lowest BCUT2D eigenvalue weighted by Gasteiger charge is -2.26. The zero-order chi connectivity index (χ0) is 24.3. The first-order valence-corrected chi connectivity index (χ1v) is 11.7. The van der Waals surface area contributed by atoms with Gasteiger partial charge in [-0.05, 0) is 48.8 Å². The molecule has 1 saturated heterocycles. The third-order valence-corrected chi connectivity index (χ3v) is 5.92. The molecule has 1 aliphatic rings. The predicted octanol–water partition coefficient (Wildman–Crippen LogP) is 5.51. The molecule has 7 heteroatoms. The Bertz CT molecular complexity index is 987. The molecule has 2 unspecified atom stereocenters. The van der Waals surface area contributed by atoms with Gasteiger partial charge in [-0.15, -0.1) is 0 Å². The Morgan fingerprint density at radius 2 is 2.03 bits per heavy atom. The number of anilines is 2. The summed E-state index contributed by atoms with van der Waals surface area (Å²) in [7, 11) is 0. The molecule has 1 aliphatic heterocycles. The number of hydrogen-bond acceptors (Lipinski definition) is 6. The minimum atomic E-state index is -0.531. The fraction of sp³-hybridized carbons (Fsp3) is 0.577. The van der Waals surface area contributed by atoms with Crippen LogP contribution in [0.4, 0.5) is 16.0 Å². The van der Waals surface area contributed by atoms with Crippen LogP contribution in [0.2, 0.25) is 0 Å². The van der Waals surface area contributed by atoms with Crippen LogP contribution in [0.15, 0.2) is 24.5 Å². The van der Waals surface area contributed by atoms with E-state index in [1.165, 1.54) is 18.8 Å². The van der Waals surface area contributed by atoms with E-state index in [2.05, 4.69) is 75.0 Å². The lowest BCUT2D eigenvalue weighted by Crippen LogP contribution is -2.33. The summed E-state index contributed by atoms with van der Waals surface area (Å²) in [6.07, 6.45) is 2.65. The minimum Gasteiger partial charge on any atom is -0.488 e. The molecule has 1 aromatic heterocycles. The standard InChI is InChI=1S/C26H37FN4O2/c1-16(2)20-9-8-17(3)12-22(20)33-19-10-11-31(14-19)25-23(27)24(28-15-29-25)30-21(18(4)32)13-26(5,6)7/h8-9,12,15-16,19,21H,10-11,13-14H2,1-7H3,(H,28,29,30). The molecule has 1 N–H and O–H groups in total. The van der Waals surface area contributed by atoms with Gasteiger partial charge >= 0.3 is 0 Å². The number of carbonyl (C=O) groups is 1. The van der Waals surface area contributed by atoms with Crippen molar-refractivity contribution in [3.8, 4) is 5.75 Å². The zero-order valence-electron chi connectivity index (χ0n) is 20.9. The van der Waals surface area contributed by atoms with E-state index in [9.17, 15) is 4.79 Å². The fourth-order valence-corrected chi connectivity index (χ4v) is 4.17. The third-order valence-electron chi connectivity index (χ3n) is 5.92. The normalized spacial score (nSPS) is 17.4. The number of carbonyl (C=O) groups excluding carboxylic acids is 1. The summed E-state index contributed by atoms with van der Waals surface area (Å²) < 4.78 is 21.7. The monoisotopic (exact) mass is 456 g/mol. The minimum absolute atomic E-state index is 0.0433. The summed E-state index contributed by atoms with van der Waals surface area (Å²) >= 11 is 0. The quantitative estimate of drug-likeness (QED) is 0.565. The van der Waals surface area contributed by atoms with Gasteiger partial charge < -0.3 is 15.0 Å². The molecule has 2 aromatic rings. The van der Waals surface area contributed by atoms with Gasteiger partial charge in [0, 0.05) is 13.0 Å². The molecule has 1 fully saturated rings. The molecule has 1 aromatic carbocycles. The van der Waals surface area contributed by atoms with Crippen molar-refractivity contribution in [2.75, 3.05) is 23.3 Å². The molecule has 33 heavy (non-hydrogen) atoms. The fourth-order valence-electron chi connectivity index (χ4n) is 4.17. The first kappa shape index (κ1) is 24.9. The van der Waals surface area contributed by atoms with Crippen LogP contribution >= 0.6 is 0 Å². The van der Waals surface area contributed by atoms with E-state index < -0.39 is 11.9 Å². The highest BCUT2D eigenvalue weighted by Crippen LogP contribution is 2.32. The first-order chi connectivity index (χ1) is 15.4. The van der Waals surface area contributed by atoms with Crippen LogP contribution in [0.5, 0.6) is 5.75 Å². The Balaban J connectivity index is 1.74. The number of hydrogen-bond donors (Lipinski definition) is 1. The third kappa shape index (κ3) is 6.42. The molecule has 0 spiro atoms. The van der Waals surface area contributed by atoms with Crippen molar-refractivity contribution in [2.24, 2.45) is 5.41 Å². The van der Waals surface area contributed by atoms with E-state index >= 15 is 4.39 Å². The van der Waals surface area contributed by atoms with Crippen molar-refractivity contribution in [2.45, 2.75) is 79.4 Å². The van der Waals surface area contributed by atoms with E-state index in [0.717, 1.165) is 17.7 Å². The van der Waals surface area contributed by atoms with Gasteiger partial charge in [-0.3, -0.25) is 4.79 Å². The van der Waals surface area contributed by atoms with Crippen LogP contribution in [-0.4, -0.2) is 41.0 Å². The molecule has 0 radical (unpaired) electrons. The first-order valence-electron chi connectivity index (χ1n) is 11.7. The van der Waals surface area contributed by atoms with Gasteiger partial charge in [0.2, 0.25) is 5.82 Å². The van der Waals surface area contributed by atoms with Crippen LogP contribution < -0.4 is 15.0 Å². The summed E-state index contributed by atoms with van der Waals surface area (Å²) in [5.74, 6) is 0.983. The maximum Gasteiger partial charge on any atom is 0.207 e. The number of ketones is 1. The van der Waals surface area contributed by atoms with Gasteiger partial charge in [-0.25, -0.2) is 9.97 Å². The summed E-state index contributed by atoms with van der Waals surface area (Å²) in [5, 5.41) is 3.01. The summed E-state index contributed by atoms with van der Waals surface area (Å²) in [6, 6.07) is 5.78. The van der Waals surface area contributed by atoms with Crippen molar-refractivity contribution in [1.82, 2.24) is 9.97 Å². The number of rotatable bonds is 8. The number of aromatic nitrogens is 2. The lowest BCUT2D eigenvalue weighted by molar-refractivity contribution is -0.118. The number of aryl methyl sites for hydroxylation is 1. The van der Waals surface area contributed by atoms with Crippen molar-refractivity contribution >= 4 is 17.4 Å². The number of nitrogens with zero attached hydrogens (tertiary/aromatic N) is 3. The molecule has 2 heterocycles. The zero-order valence-corrected chi connectivity index (χ0v) is 20.9. The Morgan fingerprint density at radius 3 is 2.67 bits per heavy atom.